The monoisotopic (exact) mass is 840 g/mol. The number of fused-ring (bicyclic) bond motifs is 2. The van der Waals surface area contributed by atoms with Gasteiger partial charge in [-0.3, -0.25) is 9.78 Å². The van der Waals surface area contributed by atoms with Crippen LogP contribution in [-0.2, 0) is 30.3 Å². The summed E-state index contributed by atoms with van der Waals surface area (Å²) < 4.78 is 3.13. The number of ketones is 1. The van der Waals surface area contributed by atoms with Gasteiger partial charge >= 0.3 is 0 Å². The number of allylic oxidation sites excluding steroid dienone is 2. The standard InChI is InChI=1S/C27H23N2S.C15H28O2.Ir/c1-27(2,3)24-14-20(13-18-7-5-6-8-21(18)24)25-15-19(9-11-29(25)4)23-16-28-17-26-22(23)10-12-30-26;1-7-14(5,8-2)12(16)11-13(17)15(6,9-3)10-4;/h5-12,14-17H,4H2,1-3H3;11,16H,7-10H2,1-6H3;/q-1;;/b;12-11-;. The summed E-state index contributed by atoms with van der Waals surface area (Å²) in [5.74, 6) is 0.286. The Labute approximate surface area is 305 Å². The fraction of sp³-hybridized carbons (Fsp3) is 0.381. The normalized spacial score (nSPS) is 12.4. The van der Waals surface area contributed by atoms with E-state index < -0.39 is 0 Å². The second kappa shape index (κ2) is 15.9. The molecular weight excluding hydrogens is 789 g/mol. The van der Waals surface area contributed by atoms with E-state index in [2.05, 4.69) is 92.8 Å². The van der Waals surface area contributed by atoms with Gasteiger partial charge in [0, 0.05) is 67.4 Å². The molecule has 0 amide bonds. The van der Waals surface area contributed by atoms with Gasteiger partial charge in [-0.15, -0.1) is 40.5 Å². The number of aromatic nitrogens is 2. The van der Waals surface area contributed by atoms with Crippen LogP contribution < -0.4 is 4.57 Å². The van der Waals surface area contributed by atoms with E-state index in [1.807, 2.05) is 64.7 Å². The number of pyridine rings is 2. The molecule has 2 aromatic carbocycles. The Morgan fingerprint density at radius 2 is 1.56 bits per heavy atom. The molecule has 3 heterocycles. The van der Waals surface area contributed by atoms with Gasteiger partial charge in [0.25, 0.3) is 0 Å². The van der Waals surface area contributed by atoms with Crippen LogP contribution in [0.15, 0.2) is 84.3 Å². The number of thiophene rings is 1. The molecule has 0 aliphatic carbocycles. The quantitative estimate of drug-likeness (QED) is 0.0696. The molecule has 3 aromatic heterocycles. The van der Waals surface area contributed by atoms with E-state index >= 15 is 0 Å². The van der Waals surface area contributed by atoms with Crippen LogP contribution in [0.4, 0.5) is 0 Å². The number of hydrogen-bond donors (Lipinski definition) is 1. The van der Waals surface area contributed by atoms with Crippen molar-refractivity contribution >= 4 is 38.0 Å². The van der Waals surface area contributed by atoms with Crippen molar-refractivity contribution in [2.75, 3.05) is 0 Å². The molecule has 48 heavy (non-hydrogen) atoms. The maximum atomic E-state index is 12.2. The Hall–Kier alpha value is -3.31. The molecule has 0 aliphatic rings. The number of hydrogen-bond acceptors (Lipinski definition) is 4. The zero-order chi connectivity index (χ0) is 34.6. The maximum Gasteiger partial charge on any atom is 0.164 e. The van der Waals surface area contributed by atoms with Gasteiger partial charge in [0.2, 0.25) is 0 Å². The molecule has 0 bridgehead atoms. The van der Waals surface area contributed by atoms with Crippen LogP contribution in [-0.4, -0.2) is 15.9 Å². The minimum absolute atomic E-state index is 0. The minimum Gasteiger partial charge on any atom is -0.512 e. The number of aliphatic hydroxyl groups is 1. The summed E-state index contributed by atoms with van der Waals surface area (Å²) >= 11 is 1.72. The third-order valence-electron chi connectivity index (χ3n) is 10.2. The number of carbonyl (C=O) groups is 1. The average Bonchev–Trinajstić information content (AvgIpc) is 3.56. The number of rotatable bonds is 9. The van der Waals surface area contributed by atoms with Gasteiger partial charge in [-0.25, -0.2) is 0 Å². The van der Waals surface area contributed by atoms with Gasteiger partial charge in [0.15, 0.2) is 5.78 Å². The van der Waals surface area contributed by atoms with Crippen LogP contribution in [0.1, 0.15) is 93.6 Å². The Balaban J connectivity index is 0.000000301. The van der Waals surface area contributed by atoms with Gasteiger partial charge in [-0.2, -0.15) is 0 Å². The third kappa shape index (κ3) is 8.27. The van der Waals surface area contributed by atoms with Crippen molar-refractivity contribution in [3.8, 4) is 22.4 Å². The molecule has 257 valence electrons. The van der Waals surface area contributed by atoms with E-state index in [9.17, 15) is 9.90 Å². The largest absolute Gasteiger partial charge is 0.512 e. The molecule has 5 aromatic rings. The van der Waals surface area contributed by atoms with E-state index in [-0.39, 0.29) is 47.9 Å². The van der Waals surface area contributed by atoms with Gasteiger partial charge in [-0.05, 0) is 60.2 Å². The van der Waals surface area contributed by atoms with E-state index in [0.717, 1.165) is 53.5 Å². The molecule has 0 spiro atoms. The number of aliphatic hydroxyl groups excluding tert-OH is 1. The van der Waals surface area contributed by atoms with Crippen molar-refractivity contribution in [2.45, 2.75) is 93.4 Å². The van der Waals surface area contributed by atoms with E-state index in [1.54, 1.807) is 11.3 Å². The fourth-order valence-electron chi connectivity index (χ4n) is 5.72. The van der Waals surface area contributed by atoms with Crippen LogP contribution in [0.5, 0.6) is 0 Å². The number of benzene rings is 2. The average molecular weight is 840 g/mol. The predicted octanol–water partition coefficient (Wildman–Crippen LogP) is 11.5. The van der Waals surface area contributed by atoms with Gasteiger partial charge in [0.05, 0.1) is 10.9 Å². The molecule has 0 fully saturated rings. The molecule has 0 unspecified atom stereocenters. The summed E-state index contributed by atoms with van der Waals surface area (Å²) in [5.41, 5.74) is 5.12. The second-order valence-corrected chi connectivity index (χ2v) is 15.1. The van der Waals surface area contributed by atoms with Crippen molar-refractivity contribution < 1.29 is 34.6 Å². The summed E-state index contributed by atoms with van der Waals surface area (Å²) in [6, 6.07) is 20.9. The van der Waals surface area contributed by atoms with Crippen LogP contribution in [0.2, 0.25) is 0 Å². The molecule has 6 heteroatoms. The zero-order valence-electron chi connectivity index (χ0n) is 30.0. The number of nitrogens with zero attached hydrogens (tertiary/aromatic N) is 2. The van der Waals surface area contributed by atoms with Crippen molar-refractivity contribution in [1.29, 1.82) is 0 Å². The molecule has 0 aliphatic heterocycles. The summed E-state index contributed by atoms with van der Waals surface area (Å²) in [6.07, 6.45) is 10.7. The Morgan fingerprint density at radius 3 is 2.19 bits per heavy atom. The van der Waals surface area contributed by atoms with Crippen LogP contribution >= 0.6 is 11.3 Å². The van der Waals surface area contributed by atoms with Gasteiger partial charge in [0.1, 0.15) is 11.5 Å². The summed E-state index contributed by atoms with van der Waals surface area (Å²) in [4.78, 5) is 16.6. The fourth-order valence-corrected chi connectivity index (χ4v) is 6.50. The Morgan fingerprint density at radius 1 is 0.917 bits per heavy atom. The SMILES string of the molecule is CCC(C)(CC)C(=O)/C=C(\O)C(C)(CC)CC.[CH2-][n+]1ccc(-c2cncc3sccc23)cc1-c1[c-]c2ccccc2c(C(C)(C)C)c1.[Ir]. The minimum atomic E-state index is -0.337. The first-order chi connectivity index (χ1) is 22.2. The van der Waals surface area contributed by atoms with Crippen molar-refractivity contribution in [1.82, 2.24) is 4.98 Å². The Bertz CT molecular complexity index is 1890. The summed E-state index contributed by atoms with van der Waals surface area (Å²) in [5, 5.41) is 15.9. The summed E-state index contributed by atoms with van der Waals surface area (Å²) in [6.45, 7) is 18.9. The van der Waals surface area contributed by atoms with Crippen LogP contribution in [0.25, 0.3) is 43.2 Å². The smallest absolute Gasteiger partial charge is 0.164 e. The van der Waals surface area contributed by atoms with Crippen molar-refractivity contribution in [3.63, 3.8) is 0 Å². The first-order valence-electron chi connectivity index (χ1n) is 16.8. The second-order valence-electron chi connectivity index (χ2n) is 14.1. The molecule has 4 nitrogen and oxygen atoms in total. The molecule has 0 saturated heterocycles. The number of carbonyl (C=O) groups excluding carboxylic acids is 1. The van der Waals surface area contributed by atoms with Crippen LogP contribution in [0.3, 0.4) is 0 Å². The van der Waals surface area contributed by atoms with E-state index in [0.29, 0.717) is 0 Å². The molecule has 0 atom stereocenters. The van der Waals surface area contributed by atoms with E-state index in [1.165, 1.54) is 27.1 Å². The van der Waals surface area contributed by atoms with Gasteiger partial charge < -0.3 is 9.67 Å². The first kappa shape index (κ1) is 39.1. The van der Waals surface area contributed by atoms with E-state index in [4.69, 9.17) is 0 Å². The molecule has 5 rings (SSSR count). The molecular formula is C42H51IrN2O2S-. The Kier molecular flexibility index (Phi) is 13.0. The van der Waals surface area contributed by atoms with Gasteiger partial charge in [-0.1, -0.05) is 91.5 Å². The summed E-state index contributed by atoms with van der Waals surface area (Å²) in [7, 11) is 4.24. The van der Waals surface area contributed by atoms with Crippen molar-refractivity contribution in [2.24, 2.45) is 10.8 Å². The first-order valence-corrected chi connectivity index (χ1v) is 17.7. The van der Waals surface area contributed by atoms with Crippen LogP contribution in [0, 0.1) is 23.9 Å². The molecule has 1 radical (unpaired) electrons. The zero-order valence-corrected chi connectivity index (χ0v) is 33.2. The maximum absolute atomic E-state index is 12.2. The predicted molar refractivity (Wildman–Crippen MR) is 200 cm³/mol. The molecule has 1 N–H and O–H groups in total. The topological polar surface area (TPSA) is 54.1 Å². The third-order valence-corrected chi connectivity index (χ3v) is 11.0. The molecule has 0 saturated carbocycles. The van der Waals surface area contributed by atoms with Crippen molar-refractivity contribution in [3.05, 3.63) is 103 Å².